The van der Waals surface area contributed by atoms with Crippen LogP contribution in [-0.2, 0) is 9.84 Å². The molecule has 2 nitrogen and oxygen atoms in total. The largest absolute Gasteiger partial charge is 0.343 e. The van der Waals surface area contributed by atoms with E-state index in [4.69, 9.17) is 0 Å². The van der Waals surface area contributed by atoms with Gasteiger partial charge in [0.05, 0.1) is 4.75 Å². The number of halogens is 2. The number of hydrogen-bond acceptors (Lipinski definition) is 2. The van der Waals surface area contributed by atoms with Crippen LogP contribution in [0.5, 0.6) is 0 Å². The maximum Gasteiger partial charge on any atom is 0.343 e. The lowest BCUT2D eigenvalue weighted by Crippen LogP contribution is -2.39. The zero-order valence-electron chi connectivity index (χ0n) is 6.98. The summed E-state index contributed by atoms with van der Waals surface area (Å²) in [4.78, 5) is 0. The molecule has 0 amide bonds. The minimum absolute atomic E-state index is 0.396. The first-order valence-corrected chi connectivity index (χ1v) is 4.60. The molecule has 0 aromatic rings. The Kier molecular flexibility index (Phi) is 2.36. The van der Waals surface area contributed by atoms with Crippen molar-refractivity contribution in [2.45, 2.75) is 37.7 Å². The van der Waals surface area contributed by atoms with Gasteiger partial charge in [-0.05, 0) is 20.8 Å². The summed E-state index contributed by atoms with van der Waals surface area (Å²) in [6.45, 7) is 4.15. The lowest BCUT2D eigenvalue weighted by molar-refractivity contribution is 0.111. The highest BCUT2D eigenvalue weighted by Crippen LogP contribution is 2.31. The Labute approximate surface area is 65.5 Å². The first-order chi connectivity index (χ1) is 4.50. The summed E-state index contributed by atoms with van der Waals surface area (Å²) in [5.41, 5.74) is 0. The van der Waals surface area contributed by atoms with Gasteiger partial charge in [-0.2, -0.15) is 8.78 Å². The lowest BCUT2D eigenvalue weighted by Gasteiger charge is -2.23. The SMILES string of the molecule is CC(C)(C)S(=O)(=O)C(C)(F)F. The van der Waals surface area contributed by atoms with Crippen LogP contribution in [0, 0.1) is 0 Å². The van der Waals surface area contributed by atoms with Crippen molar-refractivity contribution in [1.29, 1.82) is 0 Å². The summed E-state index contributed by atoms with van der Waals surface area (Å²) in [7, 11) is -4.35. The summed E-state index contributed by atoms with van der Waals surface area (Å²) in [6, 6.07) is 0. The van der Waals surface area contributed by atoms with Gasteiger partial charge in [-0.1, -0.05) is 0 Å². The van der Waals surface area contributed by atoms with Crippen LogP contribution in [0.3, 0.4) is 0 Å². The van der Waals surface area contributed by atoms with Gasteiger partial charge in [0.15, 0.2) is 0 Å². The maximum atomic E-state index is 12.4. The van der Waals surface area contributed by atoms with Crippen molar-refractivity contribution < 1.29 is 17.2 Å². The molecule has 0 aliphatic heterocycles. The van der Waals surface area contributed by atoms with E-state index in [2.05, 4.69) is 0 Å². The van der Waals surface area contributed by atoms with E-state index in [0.29, 0.717) is 6.92 Å². The Hall–Kier alpha value is -0.190. The number of sulfone groups is 1. The molecule has 0 bridgehead atoms. The fraction of sp³-hybridized carbons (Fsp3) is 1.00. The van der Waals surface area contributed by atoms with E-state index in [1.54, 1.807) is 0 Å². The van der Waals surface area contributed by atoms with Crippen LogP contribution in [0.2, 0.25) is 0 Å². The summed E-state index contributed by atoms with van der Waals surface area (Å²) >= 11 is 0. The third-order valence-corrected chi connectivity index (χ3v) is 3.83. The minimum Gasteiger partial charge on any atom is -0.222 e. The van der Waals surface area contributed by atoms with Crippen molar-refractivity contribution in [1.82, 2.24) is 0 Å². The molecule has 0 rings (SSSR count). The molecule has 0 saturated heterocycles. The van der Waals surface area contributed by atoms with Gasteiger partial charge in [-0.15, -0.1) is 0 Å². The molecule has 0 unspecified atom stereocenters. The van der Waals surface area contributed by atoms with Crippen LogP contribution >= 0.6 is 0 Å². The second kappa shape index (κ2) is 2.40. The number of alkyl halides is 2. The molecule has 0 aliphatic rings. The first kappa shape index (κ1) is 10.8. The lowest BCUT2D eigenvalue weighted by atomic mass is 10.3. The average Bonchev–Trinajstić information content (AvgIpc) is 1.58. The molecular weight excluding hydrogens is 174 g/mol. The van der Waals surface area contributed by atoms with Crippen LogP contribution in [-0.4, -0.2) is 18.4 Å². The second-order valence-electron chi connectivity index (χ2n) is 3.42. The van der Waals surface area contributed by atoms with E-state index >= 15 is 0 Å². The fourth-order valence-electron chi connectivity index (χ4n) is 0.538. The Bertz CT molecular complexity index is 210. The minimum atomic E-state index is -4.35. The van der Waals surface area contributed by atoms with Crippen molar-refractivity contribution in [2.24, 2.45) is 0 Å². The Morgan fingerprint density at radius 2 is 1.27 bits per heavy atom. The summed E-state index contributed by atoms with van der Waals surface area (Å²) in [6.07, 6.45) is 0. The van der Waals surface area contributed by atoms with E-state index < -0.39 is 19.8 Å². The number of hydrogen-bond donors (Lipinski definition) is 0. The molecule has 0 N–H and O–H groups in total. The van der Waals surface area contributed by atoms with Crippen LogP contribution in [0.4, 0.5) is 8.78 Å². The second-order valence-corrected chi connectivity index (χ2v) is 6.37. The van der Waals surface area contributed by atoms with Crippen molar-refractivity contribution in [3.05, 3.63) is 0 Å². The molecular formula is C6H12F2O2S. The van der Waals surface area contributed by atoms with E-state index in [1.165, 1.54) is 20.8 Å². The van der Waals surface area contributed by atoms with Gasteiger partial charge >= 0.3 is 5.25 Å². The molecule has 0 heterocycles. The molecule has 0 aromatic carbocycles. The summed E-state index contributed by atoms with van der Waals surface area (Å²) < 4.78 is 45.3. The van der Waals surface area contributed by atoms with Gasteiger partial charge < -0.3 is 0 Å². The van der Waals surface area contributed by atoms with Crippen molar-refractivity contribution in [3.8, 4) is 0 Å². The molecule has 0 radical (unpaired) electrons. The molecule has 11 heavy (non-hydrogen) atoms. The van der Waals surface area contributed by atoms with E-state index in [0.717, 1.165) is 0 Å². The standard InChI is InChI=1S/C6H12F2O2S/c1-5(2,3)11(9,10)6(4,7)8/h1-4H3. The van der Waals surface area contributed by atoms with Crippen LogP contribution in [0.25, 0.3) is 0 Å². The monoisotopic (exact) mass is 186 g/mol. The fourth-order valence-corrected chi connectivity index (χ4v) is 1.61. The summed E-state index contributed by atoms with van der Waals surface area (Å²) in [5, 5.41) is -3.65. The highest BCUT2D eigenvalue weighted by atomic mass is 32.2. The topological polar surface area (TPSA) is 34.1 Å². The van der Waals surface area contributed by atoms with Gasteiger partial charge in [0.25, 0.3) is 0 Å². The zero-order valence-corrected chi connectivity index (χ0v) is 7.80. The van der Waals surface area contributed by atoms with Gasteiger partial charge in [0.2, 0.25) is 9.84 Å². The highest BCUT2D eigenvalue weighted by Gasteiger charge is 2.47. The summed E-state index contributed by atoms with van der Waals surface area (Å²) in [5.74, 6) is 0. The van der Waals surface area contributed by atoms with Crippen molar-refractivity contribution >= 4 is 9.84 Å². The zero-order chi connectivity index (χ0) is 9.50. The van der Waals surface area contributed by atoms with E-state index in [9.17, 15) is 17.2 Å². The Balaban J connectivity index is 5.11. The molecule has 5 heteroatoms. The highest BCUT2D eigenvalue weighted by molar-refractivity contribution is 7.93. The van der Waals surface area contributed by atoms with Gasteiger partial charge in [-0.25, -0.2) is 8.42 Å². The molecule has 0 fully saturated rings. The van der Waals surface area contributed by atoms with Gasteiger partial charge in [0, 0.05) is 6.92 Å². The Morgan fingerprint density at radius 1 is 1.00 bits per heavy atom. The molecule has 0 saturated carbocycles. The molecule has 0 atom stereocenters. The van der Waals surface area contributed by atoms with Gasteiger partial charge in [0.1, 0.15) is 0 Å². The van der Waals surface area contributed by atoms with Crippen LogP contribution in [0.15, 0.2) is 0 Å². The molecule has 0 aliphatic carbocycles. The van der Waals surface area contributed by atoms with E-state index in [-0.39, 0.29) is 0 Å². The maximum absolute atomic E-state index is 12.4. The van der Waals surface area contributed by atoms with Gasteiger partial charge in [-0.3, -0.25) is 0 Å². The predicted octanol–water partition coefficient (Wildman–Crippen LogP) is 1.81. The van der Waals surface area contributed by atoms with Crippen LogP contribution in [0.1, 0.15) is 27.7 Å². The quantitative estimate of drug-likeness (QED) is 0.626. The van der Waals surface area contributed by atoms with Crippen molar-refractivity contribution in [3.63, 3.8) is 0 Å². The smallest absolute Gasteiger partial charge is 0.222 e. The van der Waals surface area contributed by atoms with Crippen LogP contribution < -0.4 is 0 Å². The third kappa shape index (κ3) is 1.89. The normalized spacial score (nSPS) is 15.1. The predicted molar refractivity (Wildman–Crippen MR) is 39.3 cm³/mol. The Morgan fingerprint density at radius 3 is 1.27 bits per heavy atom. The third-order valence-electron chi connectivity index (χ3n) is 1.28. The average molecular weight is 186 g/mol. The number of rotatable bonds is 1. The van der Waals surface area contributed by atoms with E-state index in [1.807, 2.05) is 0 Å². The molecule has 0 aromatic heterocycles. The first-order valence-electron chi connectivity index (χ1n) is 3.12. The molecule has 0 spiro atoms. The van der Waals surface area contributed by atoms with Crippen molar-refractivity contribution in [2.75, 3.05) is 0 Å². The molecule has 68 valence electrons.